The van der Waals surface area contributed by atoms with E-state index < -0.39 is 9.84 Å². The van der Waals surface area contributed by atoms with E-state index in [2.05, 4.69) is 25.3 Å². The highest BCUT2D eigenvalue weighted by Crippen LogP contribution is 2.10. The van der Waals surface area contributed by atoms with Crippen molar-refractivity contribution < 1.29 is 12.9 Å². The molecule has 0 amide bonds. The first-order valence-electron chi connectivity index (χ1n) is 9.26. The second-order valence-corrected chi connectivity index (χ2v) is 9.18. The number of rotatable bonds is 6. The van der Waals surface area contributed by atoms with Crippen molar-refractivity contribution in [2.75, 3.05) is 39.5 Å². The number of aromatic nitrogens is 1. The van der Waals surface area contributed by atoms with Crippen LogP contribution in [0.25, 0.3) is 0 Å². The van der Waals surface area contributed by atoms with Crippen molar-refractivity contribution in [2.24, 2.45) is 4.99 Å². The van der Waals surface area contributed by atoms with Crippen molar-refractivity contribution in [3.63, 3.8) is 0 Å². The molecule has 1 fully saturated rings. The van der Waals surface area contributed by atoms with Crippen LogP contribution in [0.2, 0.25) is 0 Å². The van der Waals surface area contributed by atoms with Crippen LogP contribution < -0.4 is 5.32 Å². The Hall–Kier alpha value is -2.39. The lowest BCUT2D eigenvalue weighted by molar-refractivity contribution is 0.169. The van der Waals surface area contributed by atoms with Crippen LogP contribution in [-0.2, 0) is 28.7 Å². The quantitative estimate of drug-likeness (QED) is 0.569. The maximum absolute atomic E-state index is 11.4. The van der Waals surface area contributed by atoms with Gasteiger partial charge in [0.2, 0.25) is 0 Å². The molecule has 1 aliphatic rings. The van der Waals surface area contributed by atoms with Crippen molar-refractivity contribution in [3.8, 4) is 0 Å². The molecule has 8 nitrogen and oxygen atoms in total. The summed E-state index contributed by atoms with van der Waals surface area (Å²) < 4.78 is 27.7. The second-order valence-electron chi connectivity index (χ2n) is 7.04. The normalized spacial score (nSPS) is 16.4. The summed E-state index contributed by atoms with van der Waals surface area (Å²) in [5, 5.41) is 7.36. The van der Waals surface area contributed by atoms with Gasteiger partial charge in [0.1, 0.15) is 6.26 Å². The summed E-state index contributed by atoms with van der Waals surface area (Å²) in [7, 11) is -1.22. The molecule has 9 heteroatoms. The van der Waals surface area contributed by atoms with E-state index in [1.54, 1.807) is 13.3 Å². The van der Waals surface area contributed by atoms with E-state index in [1.165, 1.54) is 6.26 Å². The summed E-state index contributed by atoms with van der Waals surface area (Å²) in [6, 6.07) is 9.54. The van der Waals surface area contributed by atoms with Crippen LogP contribution in [0, 0.1) is 0 Å². The van der Waals surface area contributed by atoms with Crippen LogP contribution in [0.3, 0.4) is 0 Å². The van der Waals surface area contributed by atoms with E-state index >= 15 is 0 Å². The molecule has 28 heavy (non-hydrogen) atoms. The van der Waals surface area contributed by atoms with E-state index in [-0.39, 0.29) is 5.75 Å². The molecule has 1 aliphatic heterocycles. The third-order valence-corrected chi connectivity index (χ3v) is 5.52. The van der Waals surface area contributed by atoms with Gasteiger partial charge in [-0.05, 0) is 11.1 Å². The van der Waals surface area contributed by atoms with Crippen LogP contribution in [0.4, 0.5) is 0 Å². The van der Waals surface area contributed by atoms with Gasteiger partial charge in [-0.2, -0.15) is 0 Å². The lowest BCUT2D eigenvalue weighted by Crippen LogP contribution is -2.52. The highest BCUT2D eigenvalue weighted by Gasteiger charge is 2.20. The van der Waals surface area contributed by atoms with Crippen molar-refractivity contribution in [2.45, 2.75) is 18.8 Å². The summed E-state index contributed by atoms with van der Waals surface area (Å²) in [5.74, 6) is 0.947. The molecule has 0 unspecified atom stereocenters. The first-order valence-corrected chi connectivity index (χ1v) is 11.3. The molecule has 0 atom stereocenters. The van der Waals surface area contributed by atoms with E-state index in [4.69, 9.17) is 4.52 Å². The number of piperazine rings is 1. The third-order valence-electron chi connectivity index (χ3n) is 4.66. The molecular formula is C19H27N5O3S. The molecule has 2 heterocycles. The van der Waals surface area contributed by atoms with Crippen LogP contribution >= 0.6 is 0 Å². The Balaban J connectivity index is 1.47. The molecule has 1 saturated heterocycles. The molecule has 0 saturated carbocycles. The standard InChI is InChI=1S/C19H27N5O3S/c1-20-19(21-13-16-3-5-17(6-4-16)15-28(2,25)26)24-10-8-23(9-11-24)14-18-7-12-27-22-18/h3-7,12H,8-11,13-15H2,1-2H3,(H,20,21). The zero-order valence-corrected chi connectivity index (χ0v) is 17.2. The number of nitrogens with zero attached hydrogens (tertiary/aromatic N) is 4. The minimum atomic E-state index is -3.01. The van der Waals surface area contributed by atoms with Gasteiger partial charge in [-0.25, -0.2) is 8.42 Å². The summed E-state index contributed by atoms with van der Waals surface area (Å²) in [6.45, 7) is 5.11. The fraction of sp³-hybridized carbons (Fsp3) is 0.474. The Labute approximate surface area is 166 Å². The Morgan fingerprint density at radius 2 is 1.82 bits per heavy atom. The topological polar surface area (TPSA) is 91.0 Å². The number of sulfone groups is 1. The van der Waals surface area contributed by atoms with Gasteiger partial charge in [0.05, 0.1) is 11.4 Å². The van der Waals surface area contributed by atoms with Gasteiger partial charge >= 0.3 is 0 Å². The van der Waals surface area contributed by atoms with Gasteiger partial charge < -0.3 is 14.7 Å². The Morgan fingerprint density at radius 1 is 1.14 bits per heavy atom. The zero-order chi connectivity index (χ0) is 20.0. The average molecular weight is 406 g/mol. The van der Waals surface area contributed by atoms with Crippen LogP contribution in [-0.4, -0.2) is 68.8 Å². The molecule has 1 aromatic heterocycles. The van der Waals surface area contributed by atoms with Crippen molar-refractivity contribution >= 4 is 15.8 Å². The number of benzene rings is 1. The Morgan fingerprint density at radius 3 is 2.39 bits per heavy atom. The summed E-state index contributed by atoms with van der Waals surface area (Å²) in [6.07, 6.45) is 2.85. The smallest absolute Gasteiger partial charge is 0.194 e. The van der Waals surface area contributed by atoms with Gasteiger partial charge in [0, 0.05) is 58.6 Å². The van der Waals surface area contributed by atoms with Crippen LogP contribution in [0.5, 0.6) is 0 Å². The van der Waals surface area contributed by atoms with Gasteiger partial charge in [0.15, 0.2) is 15.8 Å². The van der Waals surface area contributed by atoms with E-state index in [1.807, 2.05) is 30.3 Å². The fourth-order valence-electron chi connectivity index (χ4n) is 3.24. The monoisotopic (exact) mass is 405 g/mol. The number of hydrogen-bond donors (Lipinski definition) is 1. The molecule has 2 aromatic rings. The number of nitrogens with one attached hydrogen (secondary N) is 1. The SMILES string of the molecule is CN=C(NCc1ccc(CS(C)(=O)=O)cc1)N1CCN(Cc2ccon2)CC1. The minimum Gasteiger partial charge on any atom is -0.364 e. The first kappa shape index (κ1) is 20.3. The minimum absolute atomic E-state index is 0.0704. The van der Waals surface area contributed by atoms with Gasteiger partial charge in [-0.3, -0.25) is 9.89 Å². The Kier molecular flexibility index (Phi) is 6.69. The maximum atomic E-state index is 11.4. The van der Waals surface area contributed by atoms with Crippen molar-refractivity contribution in [3.05, 3.63) is 53.4 Å². The molecule has 1 N–H and O–H groups in total. The number of guanidine groups is 1. The highest BCUT2D eigenvalue weighted by molar-refractivity contribution is 7.89. The second kappa shape index (κ2) is 9.20. The molecule has 0 spiro atoms. The summed E-state index contributed by atoms with van der Waals surface area (Å²) >= 11 is 0. The molecule has 0 aliphatic carbocycles. The third kappa shape index (κ3) is 6.07. The molecule has 152 valence electrons. The predicted octanol–water partition coefficient (Wildman–Crippen LogP) is 1.11. The van der Waals surface area contributed by atoms with Gasteiger partial charge in [-0.1, -0.05) is 29.4 Å². The van der Waals surface area contributed by atoms with E-state index in [9.17, 15) is 8.42 Å². The Bertz CT molecular complexity index is 871. The first-order chi connectivity index (χ1) is 13.4. The summed E-state index contributed by atoms with van der Waals surface area (Å²) in [5.41, 5.74) is 2.84. The van der Waals surface area contributed by atoms with E-state index in [0.717, 1.165) is 55.5 Å². The van der Waals surface area contributed by atoms with E-state index in [0.29, 0.717) is 6.54 Å². The number of hydrogen-bond acceptors (Lipinski definition) is 6. The van der Waals surface area contributed by atoms with Crippen molar-refractivity contribution in [1.29, 1.82) is 0 Å². The van der Waals surface area contributed by atoms with Crippen LogP contribution in [0.1, 0.15) is 16.8 Å². The lowest BCUT2D eigenvalue weighted by atomic mass is 10.1. The fourth-order valence-corrected chi connectivity index (χ4v) is 4.03. The molecule has 3 rings (SSSR count). The average Bonchev–Trinajstić information content (AvgIpc) is 3.16. The highest BCUT2D eigenvalue weighted by atomic mass is 32.2. The van der Waals surface area contributed by atoms with Crippen molar-refractivity contribution in [1.82, 2.24) is 20.3 Å². The molecule has 0 radical (unpaired) electrons. The largest absolute Gasteiger partial charge is 0.364 e. The molecule has 1 aromatic carbocycles. The zero-order valence-electron chi connectivity index (χ0n) is 16.3. The van der Waals surface area contributed by atoms with Gasteiger partial charge in [0.25, 0.3) is 0 Å². The lowest BCUT2D eigenvalue weighted by Gasteiger charge is -2.36. The summed E-state index contributed by atoms with van der Waals surface area (Å²) in [4.78, 5) is 9.00. The van der Waals surface area contributed by atoms with Gasteiger partial charge in [-0.15, -0.1) is 0 Å². The maximum Gasteiger partial charge on any atom is 0.194 e. The molecular weight excluding hydrogens is 378 g/mol. The number of aliphatic imine (C=N–C) groups is 1. The van der Waals surface area contributed by atoms with Crippen LogP contribution in [0.15, 0.2) is 46.1 Å². The predicted molar refractivity (Wildman–Crippen MR) is 109 cm³/mol. The molecule has 0 bridgehead atoms.